The molecule has 188 valence electrons. The molecular formula is C30H35N3O3. The molecule has 6 nitrogen and oxygen atoms in total. The summed E-state index contributed by atoms with van der Waals surface area (Å²) in [5, 5.41) is 7.31. The van der Waals surface area contributed by atoms with Crippen LogP contribution in [0, 0.1) is 23.2 Å². The summed E-state index contributed by atoms with van der Waals surface area (Å²) in [7, 11) is 1.70. The molecule has 0 atom stereocenters. The van der Waals surface area contributed by atoms with Gasteiger partial charge in [0, 0.05) is 54.0 Å². The fourth-order valence-corrected chi connectivity index (χ4v) is 7.40. The van der Waals surface area contributed by atoms with Gasteiger partial charge in [-0.2, -0.15) is 0 Å². The minimum absolute atomic E-state index is 0.125. The van der Waals surface area contributed by atoms with Gasteiger partial charge in [-0.1, -0.05) is 12.1 Å². The Morgan fingerprint density at radius 2 is 1.67 bits per heavy atom. The third kappa shape index (κ3) is 4.43. The fraction of sp³-hybridized carbons (Fsp3) is 0.467. The minimum Gasteiger partial charge on any atom is -0.383 e. The monoisotopic (exact) mass is 485 g/mol. The van der Waals surface area contributed by atoms with E-state index in [0.29, 0.717) is 18.7 Å². The molecule has 0 unspecified atom stereocenters. The molecule has 36 heavy (non-hydrogen) atoms. The van der Waals surface area contributed by atoms with Crippen molar-refractivity contribution in [1.82, 2.24) is 9.88 Å². The average Bonchev–Trinajstić information content (AvgIpc) is 3.27. The lowest BCUT2D eigenvalue weighted by Crippen LogP contribution is -2.53. The second-order valence-corrected chi connectivity index (χ2v) is 11.3. The molecule has 6 heteroatoms. The van der Waals surface area contributed by atoms with E-state index in [1.54, 1.807) is 7.11 Å². The maximum atomic E-state index is 13.2. The van der Waals surface area contributed by atoms with Crippen LogP contribution in [0.3, 0.4) is 0 Å². The Hall–Kier alpha value is -3.12. The maximum Gasteiger partial charge on any atom is 0.255 e. The molecule has 2 amide bonds. The van der Waals surface area contributed by atoms with Gasteiger partial charge in [-0.25, -0.2) is 0 Å². The molecule has 0 saturated heterocycles. The number of ether oxygens (including phenoxy) is 1. The van der Waals surface area contributed by atoms with E-state index < -0.39 is 0 Å². The number of aromatic nitrogens is 1. The van der Waals surface area contributed by atoms with Crippen LogP contribution in [0.5, 0.6) is 0 Å². The van der Waals surface area contributed by atoms with Crippen molar-refractivity contribution < 1.29 is 14.3 Å². The number of benzene rings is 2. The average molecular weight is 486 g/mol. The zero-order chi connectivity index (χ0) is 24.7. The van der Waals surface area contributed by atoms with E-state index in [9.17, 15) is 9.59 Å². The van der Waals surface area contributed by atoms with Gasteiger partial charge in [-0.05, 0) is 98.2 Å². The van der Waals surface area contributed by atoms with Crippen LogP contribution in [0.2, 0.25) is 0 Å². The molecule has 2 aromatic carbocycles. The number of hydrogen-bond donors (Lipinski definition) is 2. The van der Waals surface area contributed by atoms with Crippen molar-refractivity contribution >= 4 is 28.4 Å². The van der Waals surface area contributed by atoms with Crippen LogP contribution in [0.4, 0.5) is 5.69 Å². The molecule has 4 saturated carbocycles. The van der Waals surface area contributed by atoms with Gasteiger partial charge in [-0.3, -0.25) is 9.59 Å². The lowest BCUT2D eigenvalue weighted by Gasteiger charge is -2.55. The Morgan fingerprint density at radius 1 is 0.972 bits per heavy atom. The summed E-state index contributed by atoms with van der Waals surface area (Å²) in [4.78, 5) is 26.0. The van der Waals surface area contributed by atoms with Crippen LogP contribution < -0.4 is 10.6 Å². The number of carbonyl (C=O) groups is 2. The first kappa shape index (κ1) is 23.3. The largest absolute Gasteiger partial charge is 0.383 e. The molecule has 0 radical (unpaired) electrons. The lowest BCUT2D eigenvalue weighted by atomic mass is 9.49. The highest BCUT2D eigenvalue weighted by Gasteiger charge is 2.54. The molecule has 4 aliphatic carbocycles. The predicted octanol–water partition coefficient (Wildman–Crippen LogP) is 5.37. The second-order valence-electron chi connectivity index (χ2n) is 11.3. The molecule has 4 fully saturated rings. The zero-order valence-corrected chi connectivity index (χ0v) is 21.0. The summed E-state index contributed by atoms with van der Waals surface area (Å²) in [5.41, 5.74) is 3.38. The molecule has 7 rings (SSSR count). The van der Waals surface area contributed by atoms with E-state index in [1.807, 2.05) is 54.7 Å². The Balaban J connectivity index is 1.05. The smallest absolute Gasteiger partial charge is 0.255 e. The first-order valence-electron chi connectivity index (χ1n) is 13.3. The molecule has 1 heterocycles. The first-order valence-corrected chi connectivity index (χ1v) is 13.3. The second kappa shape index (κ2) is 9.40. The fourth-order valence-electron chi connectivity index (χ4n) is 7.40. The van der Waals surface area contributed by atoms with E-state index in [2.05, 4.69) is 15.2 Å². The van der Waals surface area contributed by atoms with Gasteiger partial charge in [0.05, 0.1) is 6.61 Å². The number of anilines is 1. The van der Waals surface area contributed by atoms with Gasteiger partial charge in [0.2, 0.25) is 5.91 Å². The van der Waals surface area contributed by atoms with Gasteiger partial charge in [-0.15, -0.1) is 0 Å². The standard InChI is InChI=1S/C30H35N3O3/c1-36-11-10-33-9-8-25-15-26(6-7-27(25)33)32-28(34)24-4-2-20(3-5-24)19-31-29(35)30-16-21-12-22(17-30)14-23(13-21)18-30/h2-9,15,21-23H,10-14,16-19H2,1H3,(H,31,35)(H,32,34). The number of carbonyl (C=O) groups excluding carboxylic acids is 2. The third-order valence-electron chi connectivity index (χ3n) is 8.75. The van der Waals surface area contributed by atoms with Crippen molar-refractivity contribution in [2.45, 2.75) is 51.6 Å². The van der Waals surface area contributed by atoms with Crippen molar-refractivity contribution in [3.63, 3.8) is 0 Å². The first-order chi connectivity index (χ1) is 17.5. The van der Waals surface area contributed by atoms with E-state index in [4.69, 9.17) is 4.74 Å². The molecule has 3 aromatic rings. The number of amides is 2. The number of nitrogens with zero attached hydrogens (tertiary/aromatic N) is 1. The topological polar surface area (TPSA) is 72.4 Å². The number of rotatable bonds is 8. The highest BCUT2D eigenvalue weighted by atomic mass is 16.5. The third-order valence-corrected chi connectivity index (χ3v) is 8.75. The Bertz CT molecular complexity index is 1240. The maximum absolute atomic E-state index is 13.2. The molecule has 0 spiro atoms. The quantitative estimate of drug-likeness (QED) is 0.450. The van der Waals surface area contributed by atoms with E-state index in [0.717, 1.165) is 65.7 Å². The Kier molecular flexibility index (Phi) is 6.08. The minimum atomic E-state index is -0.141. The summed E-state index contributed by atoms with van der Waals surface area (Å²) < 4.78 is 7.32. The van der Waals surface area contributed by atoms with Gasteiger partial charge in [0.25, 0.3) is 5.91 Å². The summed E-state index contributed by atoms with van der Waals surface area (Å²) in [6.07, 6.45) is 9.28. The summed E-state index contributed by atoms with van der Waals surface area (Å²) in [6.45, 7) is 1.96. The number of hydrogen-bond acceptors (Lipinski definition) is 3. The zero-order valence-electron chi connectivity index (χ0n) is 21.0. The lowest BCUT2D eigenvalue weighted by molar-refractivity contribution is -0.146. The number of nitrogens with one attached hydrogen (secondary N) is 2. The van der Waals surface area contributed by atoms with Crippen LogP contribution in [0.15, 0.2) is 54.7 Å². The van der Waals surface area contributed by atoms with Crippen LogP contribution in [-0.4, -0.2) is 30.1 Å². The Morgan fingerprint density at radius 3 is 2.33 bits per heavy atom. The molecule has 0 aliphatic heterocycles. The molecule has 4 aliphatic rings. The van der Waals surface area contributed by atoms with Crippen molar-refractivity contribution in [2.24, 2.45) is 23.2 Å². The van der Waals surface area contributed by atoms with Crippen LogP contribution in [0.25, 0.3) is 10.9 Å². The van der Waals surface area contributed by atoms with Crippen molar-refractivity contribution in [3.05, 3.63) is 65.9 Å². The Labute approximate surface area is 212 Å². The number of methoxy groups -OCH3 is 1. The number of fused-ring (bicyclic) bond motifs is 1. The normalized spacial score (nSPS) is 26.3. The summed E-state index contributed by atoms with van der Waals surface area (Å²) in [5.74, 6) is 2.38. The van der Waals surface area contributed by atoms with Gasteiger partial charge in [0.15, 0.2) is 0 Å². The molecular weight excluding hydrogens is 450 g/mol. The predicted molar refractivity (Wildman–Crippen MR) is 141 cm³/mol. The van der Waals surface area contributed by atoms with Crippen LogP contribution in [-0.2, 0) is 22.6 Å². The summed E-state index contributed by atoms with van der Waals surface area (Å²) >= 11 is 0. The van der Waals surface area contributed by atoms with E-state index in [-0.39, 0.29) is 17.2 Å². The van der Waals surface area contributed by atoms with Crippen molar-refractivity contribution in [1.29, 1.82) is 0 Å². The molecule has 4 bridgehead atoms. The highest BCUT2D eigenvalue weighted by Crippen LogP contribution is 2.60. The van der Waals surface area contributed by atoms with E-state index >= 15 is 0 Å². The highest BCUT2D eigenvalue weighted by molar-refractivity contribution is 6.05. The molecule has 1 aromatic heterocycles. The summed E-state index contributed by atoms with van der Waals surface area (Å²) in [6, 6.07) is 15.5. The van der Waals surface area contributed by atoms with Crippen LogP contribution in [0.1, 0.15) is 54.4 Å². The van der Waals surface area contributed by atoms with Gasteiger partial charge < -0.3 is 19.9 Å². The van der Waals surface area contributed by atoms with Crippen LogP contribution >= 0.6 is 0 Å². The van der Waals surface area contributed by atoms with Crippen molar-refractivity contribution in [2.75, 3.05) is 19.0 Å². The van der Waals surface area contributed by atoms with Gasteiger partial charge >= 0.3 is 0 Å². The SMILES string of the molecule is COCCn1ccc2cc(NC(=O)c3ccc(CNC(=O)C45CC6CC(CC(C6)C4)C5)cc3)ccc21. The van der Waals surface area contributed by atoms with Crippen molar-refractivity contribution in [3.8, 4) is 0 Å². The van der Waals surface area contributed by atoms with Gasteiger partial charge in [0.1, 0.15) is 0 Å². The molecule has 2 N–H and O–H groups in total. The van der Waals surface area contributed by atoms with E-state index in [1.165, 1.54) is 19.3 Å².